The van der Waals surface area contributed by atoms with E-state index in [-0.39, 0.29) is 11.7 Å². The molecular weight excluding hydrogens is 267 g/mol. The molecule has 0 aliphatic heterocycles. The van der Waals surface area contributed by atoms with Gasteiger partial charge in [-0.25, -0.2) is 4.39 Å². The number of carbonyl (C=O) groups excluding carboxylic acids is 1. The summed E-state index contributed by atoms with van der Waals surface area (Å²) < 4.78 is 12.8. The van der Waals surface area contributed by atoms with Gasteiger partial charge in [0.1, 0.15) is 5.82 Å². The minimum absolute atomic E-state index is 0.0978. The molecule has 0 fully saturated rings. The lowest BCUT2D eigenvalue weighted by atomic mass is 10.1. The third-order valence-corrected chi connectivity index (χ3v) is 3.40. The minimum Gasteiger partial charge on any atom is -0.384 e. The summed E-state index contributed by atoms with van der Waals surface area (Å²) in [5.41, 5.74) is 4.06. The zero-order chi connectivity index (χ0) is 15.2. The SMILES string of the molecule is Cc1cccc(NCCC(=O)Nc2ccc(F)cc2)c1C. The molecule has 0 unspecified atom stereocenters. The number of amides is 1. The topological polar surface area (TPSA) is 41.1 Å². The Bertz CT molecular complexity index is 623. The summed E-state index contributed by atoms with van der Waals surface area (Å²) in [6.07, 6.45) is 0.352. The predicted octanol–water partition coefficient (Wildman–Crippen LogP) is 3.88. The first-order valence-corrected chi connectivity index (χ1v) is 6.92. The number of hydrogen-bond donors (Lipinski definition) is 2. The molecular formula is C17H19FN2O. The van der Waals surface area contributed by atoms with Crippen LogP contribution in [0.1, 0.15) is 17.5 Å². The Morgan fingerprint density at radius 3 is 2.52 bits per heavy atom. The molecule has 0 spiro atoms. The van der Waals surface area contributed by atoms with E-state index in [1.54, 1.807) is 12.1 Å². The fourth-order valence-electron chi connectivity index (χ4n) is 2.01. The Morgan fingerprint density at radius 2 is 1.81 bits per heavy atom. The lowest BCUT2D eigenvalue weighted by Gasteiger charge is -2.11. The summed E-state index contributed by atoms with van der Waals surface area (Å²) in [4.78, 5) is 11.8. The van der Waals surface area contributed by atoms with E-state index in [4.69, 9.17) is 0 Å². The molecule has 2 aromatic rings. The van der Waals surface area contributed by atoms with E-state index in [1.807, 2.05) is 12.1 Å². The molecule has 0 aromatic heterocycles. The molecule has 2 aromatic carbocycles. The van der Waals surface area contributed by atoms with E-state index in [1.165, 1.54) is 23.3 Å². The molecule has 21 heavy (non-hydrogen) atoms. The monoisotopic (exact) mass is 286 g/mol. The van der Waals surface area contributed by atoms with E-state index < -0.39 is 0 Å². The van der Waals surface area contributed by atoms with Crippen LogP contribution in [-0.4, -0.2) is 12.5 Å². The fraction of sp³-hybridized carbons (Fsp3) is 0.235. The van der Waals surface area contributed by atoms with Gasteiger partial charge in [-0.1, -0.05) is 12.1 Å². The fourth-order valence-corrected chi connectivity index (χ4v) is 2.01. The number of aryl methyl sites for hydroxylation is 1. The maximum absolute atomic E-state index is 12.8. The lowest BCUT2D eigenvalue weighted by Crippen LogP contribution is -2.16. The molecule has 0 saturated carbocycles. The Kier molecular flexibility index (Phi) is 4.93. The summed E-state index contributed by atoms with van der Waals surface area (Å²) in [6, 6.07) is 11.8. The second kappa shape index (κ2) is 6.88. The minimum atomic E-state index is -0.315. The van der Waals surface area contributed by atoms with Crippen molar-refractivity contribution in [3.05, 3.63) is 59.4 Å². The van der Waals surface area contributed by atoms with Crippen molar-refractivity contribution < 1.29 is 9.18 Å². The number of benzene rings is 2. The zero-order valence-electron chi connectivity index (χ0n) is 12.2. The molecule has 4 heteroatoms. The van der Waals surface area contributed by atoms with Crippen LogP contribution in [0.4, 0.5) is 15.8 Å². The standard InChI is InChI=1S/C17H19FN2O/c1-12-4-3-5-16(13(12)2)19-11-10-17(21)20-15-8-6-14(18)7-9-15/h3-9,19H,10-11H2,1-2H3,(H,20,21). The molecule has 0 saturated heterocycles. The van der Waals surface area contributed by atoms with Crippen molar-refractivity contribution in [2.75, 3.05) is 17.2 Å². The third-order valence-electron chi connectivity index (χ3n) is 3.40. The highest BCUT2D eigenvalue weighted by molar-refractivity contribution is 5.90. The Balaban J connectivity index is 1.81. The smallest absolute Gasteiger partial charge is 0.226 e. The number of nitrogens with one attached hydrogen (secondary N) is 2. The van der Waals surface area contributed by atoms with Crippen molar-refractivity contribution in [3.8, 4) is 0 Å². The third kappa shape index (κ3) is 4.31. The van der Waals surface area contributed by atoms with Gasteiger partial charge in [-0.15, -0.1) is 0 Å². The van der Waals surface area contributed by atoms with Gasteiger partial charge in [0.05, 0.1) is 0 Å². The van der Waals surface area contributed by atoms with Crippen LogP contribution in [0.5, 0.6) is 0 Å². The van der Waals surface area contributed by atoms with Crippen molar-refractivity contribution in [1.82, 2.24) is 0 Å². The molecule has 0 aliphatic rings. The van der Waals surface area contributed by atoms with Crippen LogP contribution in [0.2, 0.25) is 0 Å². The average molecular weight is 286 g/mol. The van der Waals surface area contributed by atoms with Crippen LogP contribution in [0.15, 0.2) is 42.5 Å². The van der Waals surface area contributed by atoms with Crippen LogP contribution in [0.3, 0.4) is 0 Å². The van der Waals surface area contributed by atoms with Crippen LogP contribution in [0, 0.1) is 19.7 Å². The van der Waals surface area contributed by atoms with Gasteiger partial charge in [-0.05, 0) is 55.3 Å². The lowest BCUT2D eigenvalue weighted by molar-refractivity contribution is -0.115. The molecule has 0 bridgehead atoms. The maximum atomic E-state index is 12.8. The van der Waals surface area contributed by atoms with Gasteiger partial charge in [0.2, 0.25) is 5.91 Å². The normalized spacial score (nSPS) is 10.2. The second-order valence-corrected chi connectivity index (χ2v) is 4.98. The molecule has 1 amide bonds. The predicted molar refractivity (Wildman–Crippen MR) is 84.1 cm³/mol. The number of hydrogen-bond acceptors (Lipinski definition) is 2. The van der Waals surface area contributed by atoms with E-state index in [0.29, 0.717) is 18.7 Å². The molecule has 2 rings (SSSR count). The van der Waals surface area contributed by atoms with Crippen LogP contribution in [0.25, 0.3) is 0 Å². The molecule has 0 atom stereocenters. The van der Waals surface area contributed by atoms with Crippen molar-refractivity contribution in [1.29, 1.82) is 0 Å². The van der Waals surface area contributed by atoms with Gasteiger partial charge in [0.15, 0.2) is 0 Å². The second-order valence-electron chi connectivity index (χ2n) is 4.98. The van der Waals surface area contributed by atoms with E-state index in [2.05, 4.69) is 30.5 Å². The summed E-state index contributed by atoms with van der Waals surface area (Å²) in [5.74, 6) is -0.413. The van der Waals surface area contributed by atoms with Crippen LogP contribution >= 0.6 is 0 Å². The van der Waals surface area contributed by atoms with Gasteiger partial charge >= 0.3 is 0 Å². The van der Waals surface area contributed by atoms with Gasteiger partial charge in [0.25, 0.3) is 0 Å². The first kappa shape index (κ1) is 15.0. The van der Waals surface area contributed by atoms with Crippen LogP contribution < -0.4 is 10.6 Å². The first-order valence-electron chi connectivity index (χ1n) is 6.92. The molecule has 2 N–H and O–H groups in total. The molecule has 0 radical (unpaired) electrons. The van der Waals surface area contributed by atoms with Crippen molar-refractivity contribution in [2.24, 2.45) is 0 Å². The highest BCUT2D eigenvalue weighted by Gasteiger charge is 2.04. The molecule has 0 aliphatic carbocycles. The Hall–Kier alpha value is -2.36. The van der Waals surface area contributed by atoms with Crippen molar-refractivity contribution >= 4 is 17.3 Å². The Labute approximate surface area is 124 Å². The molecule has 3 nitrogen and oxygen atoms in total. The number of anilines is 2. The van der Waals surface area contributed by atoms with Crippen molar-refractivity contribution in [2.45, 2.75) is 20.3 Å². The number of carbonyl (C=O) groups is 1. The highest BCUT2D eigenvalue weighted by Crippen LogP contribution is 2.17. The van der Waals surface area contributed by atoms with Gasteiger partial charge in [-0.3, -0.25) is 4.79 Å². The highest BCUT2D eigenvalue weighted by atomic mass is 19.1. The molecule has 110 valence electrons. The van der Waals surface area contributed by atoms with Gasteiger partial charge < -0.3 is 10.6 Å². The summed E-state index contributed by atoms with van der Waals surface area (Å²) in [7, 11) is 0. The molecule has 0 heterocycles. The number of rotatable bonds is 5. The zero-order valence-corrected chi connectivity index (χ0v) is 12.2. The summed E-state index contributed by atoms with van der Waals surface area (Å²) >= 11 is 0. The van der Waals surface area contributed by atoms with Crippen LogP contribution in [-0.2, 0) is 4.79 Å². The number of halogens is 1. The summed E-state index contributed by atoms with van der Waals surface area (Å²) in [6.45, 7) is 4.66. The summed E-state index contributed by atoms with van der Waals surface area (Å²) in [5, 5.41) is 5.99. The van der Waals surface area contributed by atoms with Gasteiger partial charge in [-0.2, -0.15) is 0 Å². The van der Waals surface area contributed by atoms with Crippen molar-refractivity contribution in [3.63, 3.8) is 0 Å². The van der Waals surface area contributed by atoms with E-state index in [9.17, 15) is 9.18 Å². The van der Waals surface area contributed by atoms with E-state index in [0.717, 1.165) is 5.69 Å². The van der Waals surface area contributed by atoms with E-state index >= 15 is 0 Å². The first-order chi connectivity index (χ1) is 10.1. The maximum Gasteiger partial charge on any atom is 0.226 e. The van der Waals surface area contributed by atoms with Gasteiger partial charge in [0, 0.05) is 24.3 Å². The largest absolute Gasteiger partial charge is 0.384 e. The quantitative estimate of drug-likeness (QED) is 0.875. The Morgan fingerprint density at radius 1 is 1.10 bits per heavy atom. The average Bonchev–Trinajstić information content (AvgIpc) is 2.46.